The normalized spacial score (nSPS) is 15.7. The van der Waals surface area contributed by atoms with Gasteiger partial charge in [0.1, 0.15) is 5.75 Å². The fourth-order valence-corrected chi connectivity index (χ4v) is 2.56. The number of morpholine rings is 1. The first-order valence-corrected chi connectivity index (χ1v) is 9.07. The second-order valence-electron chi connectivity index (χ2n) is 6.21. The van der Waals surface area contributed by atoms with Crippen LogP contribution in [0.2, 0.25) is 0 Å². The van der Waals surface area contributed by atoms with Crippen LogP contribution in [0.3, 0.4) is 0 Å². The van der Waals surface area contributed by atoms with E-state index in [9.17, 15) is 4.39 Å². The van der Waals surface area contributed by atoms with Crippen LogP contribution in [-0.2, 0) is 4.74 Å². The predicted octanol–water partition coefficient (Wildman–Crippen LogP) is 3.08. The summed E-state index contributed by atoms with van der Waals surface area (Å²) in [5, 5.41) is 4.18. The van der Waals surface area contributed by atoms with Crippen molar-refractivity contribution in [3.05, 3.63) is 41.8 Å². The molecule has 0 aliphatic carbocycles. The quantitative estimate of drug-likeness (QED) is 0.594. The smallest absolute Gasteiger partial charge is 0.245 e. The van der Waals surface area contributed by atoms with Gasteiger partial charge in [0.05, 0.1) is 31.7 Å². The molecule has 0 radical (unpaired) electrons. The SMILES string of the molecule is CC[C@@H](C)Oc1ccccc1/C=N/Nc1ncc(F)c(N2CCOCC2)n1. The van der Waals surface area contributed by atoms with E-state index in [1.807, 2.05) is 36.1 Å². The molecule has 2 heterocycles. The molecule has 1 fully saturated rings. The summed E-state index contributed by atoms with van der Waals surface area (Å²) in [5.41, 5.74) is 3.60. The average molecular weight is 373 g/mol. The highest BCUT2D eigenvalue weighted by Gasteiger charge is 2.17. The van der Waals surface area contributed by atoms with Crippen LogP contribution in [0.1, 0.15) is 25.8 Å². The summed E-state index contributed by atoms with van der Waals surface area (Å²) in [6, 6.07) is 7.64. The Labute approximate surface area is 158 Å². The van der Waals surface area contributed by atoms with Gasteiger partial charge in [-0.2, -0.15) is 10.1 Å². The van der Waals surface area contributed by atoms with E-state index < -0.39 is 5.82 Å². The molecule has 0 spiro atoms. The molecular formula is C19H24FN5O2. The molecular weight excluding hydrogens is 349 g/mol. The van der Waals surface area contributed by atoms with Crippen LogP contribution >= 0.6 is 0 Å². The van der Waals surface area contributed by atoms with Gasteiger partial charge < -0.3 is 14.4 Å². The van der Waals surface area contributed by atoms with Gasteiger partial charge in [-0.05, 0) is 25.5 Å². The Morgan fingerprint density at radius 1 is 1.37 bits per heavy atom. The van der Waals surface area contributed by atoms with Crippen LogP contribution in [-0.4, -0.2) is 48.6 Å². The third-order valence-electron chi connectivity index (χ3n) is 4.23. The van der Waals surface area contributed by atoms with Crippen molar-refractivity contribution in [3.8, 4) is 5.75 Å². The Morgan fingerprint density at radius 3 is 2.93 bits per heavy atom. The number of nitrogens with zero attached hydrogens (tertiary/aromatic N) is 4. The minimum Gasteiger partial charge on any atom is -0.490 e. The van der Waals surface area contributed by atoms with E-state index >= 15 is 0 Å². The zero-order chi connectivity index (χ0) is 19.1. The van der Waals surface area contributed by atoms with Crippen molar-refractivity contribution in [1.82, 2.24) is 9.97 Å². The lowest BCUT2D eigenvalue weighted by Gasteiger charge is -2.27. The third kappa shape index (κ3) is 5.13. The summed E-state index contributed by atoms with van der Waals surface area (Å²) in [6.45, 7) is 6.38. The molecule has 7 nitrogen and oxygen atoms in total. The van der Waals surface area contributed by atoms with Gasteiger partial charge >= 0.3 is 0 Å². The van der Waals surface area contributed by atoms with Gasteiger partial charge in [0.25, 0.3) is 0 Å². The number of aromatic nitrogens is 2. The lowest BCUT2D eigenvalue weighted by molar-refractivity contribution is 0.122. The van der Waals surface area contributed by atoms with Gasteiger partial charge in [0.2, 0.25) is 5.95 Å². The van der Waals surface area contributed by atoms with Crippen molar-refractivity contribution < 1.29 is 13.9 Å². The summed E-state index contributed by atoms with van der Waals surface area (Å²) in [5.74, 6) is 0.783. The molecule has 1 aliphatic heterocycles. The largest absolute Gasteiger partial charge is 0.490 e. The number of hydrogen-bond acceptors (Lipinski definition) is 7. The number of ether oxygens (including phenoxy) is 2. The maximum atomic E-state index is 14.1. The van der Waals surface area contributed by atoms with Crippen molar-refractivity contribution in [2.45, 2.75) is 26.4 Å². The number of para-hydroxylation sites is 1. The molecule has 0 bridgehead atoms. The zero-order valence-corrected chi connectivity index (χ0v) is 15.6. The van der Waals surface area contributed by atoms with Crippen LogP contribution in [0.4, 0.5) is 16.2 Å². The minimum absolute atomic E-state index is 0.115. The Bertz CT molecular complexity index is 780. The highest BCUT2D eigenvalue weighted by Crippen LogP contribution is 2.20. The van der Waals surface area contributed by atoms with Gasteiger partial charge in [-0.3, -0.25) is 0 Å². The molecule has 1 N–H and O–H groups in total. The standard InChI is InChI=1S/C19H24FN5O2/c1-3-14(2)27-17-7-5-4-6-15(17)12-22-24-19-21-13-16(20)18(23-19)25-8-10-26-11-9-25/h4-7,12-14H,3,8-11H2,1-2H3,(H,21,23,24)/b22-12+/t14-/m1/s1. The Hall–Kier alpha value is -2.74. The summed E-state index contributed by atoms with van der Waals surface area (Å²) in [4.78, 5) is 10.0. The molecule has 1 aliphatic rings. The van der Waals surface area contributed by atoms with E-state index in [2.05, 4.69) is 27.4 Å². The van der Waals surface area contributed by atoms with E-state index in [1.165, 1.54) is 0 Å². The fourth-order valence-electron chi connectivity index (χ4n) is 2.56. The average Bonchev–Trinajstić information content (AvgIpc) is 2.71. The summed E-state index contributed by atoms with van der Waals surface area (Å²) in [7, 11) is 0. The second kappa shape index (κ2) is 9.27. The molecule has 0 unspecified atom stereocenters. The highest BCUT2D eigenvalue weighted by molar-refractivity contribution is 5.83. The number of nitrogens with one attached hydrogen (secondary N) is 1. The fraction of sp³-hybridized carbons (Fsp3) is 0.421. The summed E-state index contributed by atoms with van der Waals surface area (Å²) >= 11 is 0. The molecule has 0 saturated carbocycles. The van der Waals surface area contributed by atoms with E-state index in [1.54, 1.807) is 6.21 Å². The van der Waals surface area contributed by atoms with Crippen LogP contribution in [0.25, 0.3) is 0 Å². The van der Waals surface area contributed by atoms with Crippen molar-refractivity contribution in [2.75, 3.05) is 36.6 Å². The minimum atomic E-state index is -0.460. The van der Waals surface area contributed by atoms with E-state index in [0.29, 0.717) is 26.3 Å². The number of rotatable bonds is 7. The maximum absolute atomic E-state index is 14.1. The molecule has 1 aromatic carbocycles. The summed E-state index contributed by atoms with van der Waals surface area (Å²) < 4.78 is 25.2. The third-order valence-corrected chi connectivity index (χ3v) is 4.23. The first-order valence-electron chi connectivity index (χ1n) is 9.07. The van der Waals surface area contributed by atoms with Crippen molar-refractivity contribution in [2.24, 2.45) is 5.10 Å². The Morgan fingerprint density at radius 2 is 2.15 bits per heavy atom. The van der Waals surface area contributed by atoms with Gasteiger partial charge in [-0.1, -0.05) is 19.1 Å². The van der Waals surface area contributed by atoms with E-state index in [-0.39, 0.29) is 17.9 Å². The molecule has 27 heavy (non-hydrogen) atoms. The molecule has 2 aromatic rings. The molecule has 0 amide bonds. The van der Waals surface area contributed by atoms with Crippen molar-refractivity contribution >= 4 is 18.0 Å². The molecule has 144 valence electrons. The van der Waals surface area contributed by atoms with E-state index in [0.717, 1.165) is 23.9 Å². The molecule has 1 saturated heterocycles. The zero-order valence-electron chi connectivity index (χ0n) is 15.6. The number of hydrazone groups is 1. The monoisotopic (exact) mass is 373 g/mol. The molecule has 1 aromatic heterocycles. The lowest BCUT2D eigenvalue weighted by atomic mass is 10.2. The lowest BCUT2D eigenvalue weighted by Crippen LogP contribution is -2.37. The Balaban J connectivity index is 1.70. The molecule has 1 atom stereocenters. The maximum Gasteiger partial charge on any atom is 0.245 e. The van der Waals surface area contributed by atoms with Crippen LogP contribution in [0, 0.1) is 5.82 Å². The van der Waals surface area contributed by atoms with Crippen LogP contribution in [0.15, 0.2) is 35.6 Å². The van der Waals surface area contributed by atoms with Gasteiger partial charge in [0, 0.05) is 18.7 Å². The first kappa shape index (κ1) is 19.0. The molecule has 3 rings (SSSR count). The van der Waals surface area contributed by atoms with Gasteiger partial charge in [-0.25, -0.2) is 14.8 Å². The first-order chi connectivity index (χ1) is 13.2. The number of halogens is 1. The Kier molecular flexibility index (Phi) is 6.54. The van der Waals surface area contributed by atoms with Gasteiger partial charge in [0.15, 0.2) is 11.6 Å². The van der Waals surface area contributed by atoms with Crippen molar-refractivity contribution in [1.29, 1.82) is 0 Å². The predicted molar refractivity (Wildman–Crippen MR) is 103 cm³/mol. The van der Waals surface area contributed by atoms with Crippen molar-refractivity contribution in [3.63, 3.8) is 0 Å². The second-order valence-corrected chi connectivity index (χ2v) is 6.21. The number of hydrogen-bond donors (Lipinski definition) is 1. The number of benzene rings is 1. The van der Waals surface area contributed by atoms with Crippen LogP contribution in [0.5, 0.6) is 5.75 Å². The van der Waals surface area contributed by atoms with E-state index in [4.69, 9.17) is 9.47 Å². The van der Waals surface area contributed by atoms with Gasteiger partial charge in [-0.15, -0.1) is 0 Å². The highest BCUT2D eigenvalue weighted by atomic mass is 19.1. The number of anilines is 2. The van der Waals surface area contributed by atoms with Crippen LogP contribution < -0.4 is 15.1 Å². The molecule has 8 heteroatoms. The summed E-state index contributed by atoms with van der Waals surface area (Å²) in [6.07, 6.45) is 3.82. The topological polar surface area (TPSA) is 71.9 Å².